The molecule has 2 heterocycles. The van der Waals surface area contributed by atoms with Crippen LogP contribution >= 0.6 is 11.3 Å². The van der Waals surface area contributed by atoms with E-state index in [1.165, 1.54) is 10.8 Å². The summed E-state index contributed by atoms with van der Waals surface area (Å²) in [5, 5.41) is 17.0. The summed E-state index contributed by atoms with van der Waals surface area (Å²) in [6, 6.07) is 5.01. The van der Waals surface area contributed by atoms with E-state index < -0.39 is 29.8 Å². The Labute approximate surface area is 173 Å². The van der Waals surface area contributed by atoms with Crippen LogP contribution in [-0.2, 0) is 11.3 Å². The summed E-state index contributed by atoms with van der Waals surface area (Å²) in [6.07, 6.45) is -1.63. The van der Waals surface area contributed by atoms with Gasteiger partial charge >= 0.3 is 6.18 Å². The minimum absolute atomic E-state index is 0.0132. The number of carbonyl (C=O) groups is 1. The van der Waals surface area contributed by atoms with Gasteiger partial charge in [-0.05, 0) is 19.9 Å². The second kappa shape index (κ2) is 9.93. The molecule has 0 fully saturated rings. The highest BCUT2D eigenvalue weighted by Crippen LogP contribution is 2.13. The Morgan fingerprint density at radius 3 is 2.73 bits per heavy atom. The highest BCUT2D eigenvalue weighted by molar-refractivity contribution is 7.07. The average molecular weight is 440 g/mol. The molecule has 2 aromatic rings. The zero-order valence-corrected chi connectivity index (χ0v) is 16.9. The van der Waals surface area contributed by atoms with Crippen molar-refractivity contribution in [2.24, 2.45) is 0 Å². The normalized spacial score (nSPS) is 12.9. The van der Waals surface area contributed by atoms with Crippen LogP contribution < -0.4 is 30.7 Å². The van der Waals surface area contributed by atoms with E-state index in [0.29, 0.717) is 18.1 Å². The molecule has 0 aliphatic rings. The molecule has 30 heavy (non-hydrogen) atoms. The maximum absolute atomic E-state index is 12.6. The van der Waals surface area contributed by atoms with Crippen molar-refractivity contribution in [1.82, 2.24) is 14.9 Å². The van der Waals surface area contributed by atoms with Crippen molar-refractivity contribution >= 4 is 40.5 Å². The molecule has 160 valence electrons. The minimum atomic E-state index is -4.62. The van der Waals surface area contributed by atoms with E-state index in [9.17, 15) is 28.0 Å². The molecule has 2 rings (SSSR count). The third-order valence-corrected chi connectivity index (χ3v) is 4.84. The number of amides is 1. The van der Waals surface area contributed by atoms with Crippen LogP contribution in [0, 0.1) is 11.3 Å². The molecular weight excluding hydrogens is 421 g/mol. The van der Waals surface area contributed by atoms with E-state index in [2.05, 4.69) is 15.6 Å². The number of nitrogens with zero attached hydrogens (tertiary/aromatic N) is 3. The Hall–Kier alpha value is -3.33. The first kappa shape index (κ1) is 23.0. The number of alkyl halides is 3. The molecule has 12 heteroatoms. The lowest BCUT2D eigenvalue weighted by Crippen LogP contribution is -2.37. The number of halogens is 3. The van der Waals surface area contributed by atoms with Crippen LogP contribution in [0.4, 0.5) is 24.7 Å². The Bertz CT molecular complexity index is 1130. The lowest BCUT2D eigenvalue weighted by molar-refractivity contribution is -0.135. The predicted octanol–water partition coefficient (Wildman–Crippen LogP) is 0.959. The second-order valence-electron chi connectivity index (χ2n) is 5.85. The third kappa shape index (κ3) is 5.84. The molecule has 8 nitrogen and oxygen atoms in total. The number of hydrogen-bond acceptors (Lipinski definition) is 7. The zero-order valence-electron chi connectivity index (χ0n) is 16.1. The Kier molecular flexibility index (Phi) is 7.60. The molecule has 0 saturated heterocycles. The van der Waals surface area contributed by atoms with Gasteiger partial charge in [0.2, 0.25) is 0 Å². The Balaban J connectivity index is 2.45. The van der Waals surface area contributed by atoms with E-state index in [4.69, 9.17) is 0 Å². The molecule has 0 unspecified atom stereocenters. The van der Waals surface area contributed by atoms with Crippen molar-refractivity contribution < 1.29 is 18.0 Å². The summed E-state index contributed by atoms with van der Waals surface area (Å²) >= 11 is 0.838. The molecule has 0 atom stereocenters. The SMILES string of the molecule is CCNc1cc(NC=c2sc(=C(C#N)C(=O)NCC(F)(F)F)n(CC)c2=O)ccn1. The number of aromatic nitrogens is 2. The lowest BCUT2D eigenvalue weighted by Gasteiger charge is -2.07. The molecule has 0 radical (unpaired) electrons. The first-order valence-corrected chi connectivity index (χ1v) is 9.67. The van der Waals surface area contributed by atoms with Crippen molar-refractivity contribution in [3.8, 4) is 6.07 Å². The van der Waals surface area contributed by atoms with E-state index in [1.807, 2.05) is 6.92 Å². The summed E-state index contributed by atoms with van der Waals surface area (Å²) in [5.41, 5.74) is -0.380. The van der Waals surface area contributed by atoms with E-state index in [1.54, 1.807) is 36.6 Å². The zero-order chi connectivity index (χ0) is 22.3. The Morgan fingerprint density at radius 1 is 1.40 bits per heavy atom. The molecular formula is C18H19F3N6O2S. The van der Waals surface area contributed by atoms with Gasteiger partial charge in [0.15, 0.2) is 5.57 Å². The number of pyridine rings is 1. The monoisotopic (exact) mass is 440 g/mol. The maximum atomic E-state index is 12.6. The van der Waals surface area contributed by atoms with E-state index in [-0.39, 0.29) is 15.7 Å². The van der Waals surface area contributed by atoms with E-state index >= 15 is 0 Å². The van der Waals surface area contributed by atoms with Crippen molar-refractivity contribution in [2.75, 3.05) is 23.7 Å². The first-order valence-electron chi connectivity index (χ1n) is 8.85. The molecule has 0 spiro atoms. The van der Waals surface area contributed by atoms with Gasteiger partial charge in [-0.3, -0.25) is 14.2 Å². The van der Waals surface area contributed by atoms with Crippen LogP contribution in [0.3, 0.4) is 0 Å². The Morgan fingerprint density at radius 2 is 2.13 bits per heavy atom. The first-order chi connectivity index (χ1) is 14.2. The summed E-state index contributed by atoms with van der Waals surface area (Å²) in [5.74, 6) is -0.558. The van der Waals surface area contributed by atoms with Gasteiger partial charge in [0.05, 0.1) is 0 Å². The topological polar surface area (TPSA) is 112 Å². The highest BCUT2D eigenvalue weighted by atomic mass is 32.1. The predicted molar refractivity (Wildman–Crippen MR) is 108 cm³/mol. The second-order valence-corrected chi connectivity index (χ2v) is 6.88. The number of nitriles is 1. The fourth-order valence-electron chi connectivity index (χ4n) is 2.40. The molecule has 1 amide bonds. The molecule has 3 N–H and O–H groups in total. The summed E-state index contributed by atoms with van der Waals surface area (Å²) in [7, 11) is 0. The van der Waals surface area contributed by atoms with Crippen LogP contribution in [0.5, 0.6) is 0 Å². The van der Waals surface area contributed by atoms with Gasteiger partial charge in [-0.2, -0.15) is 18.4 Å². The van der Waals surface area contributed by atoms with Crippen molar-refractivity contribution in [3.05, 3.63) is 37.9 Å². The fraction of sp³-hybridized carbons (Fsp3) is 0.333. The lowest BCUT2D eigenvalue weighted by atomic mass is 10.3. The number of nitrogens with one attached hydrogen (secondary N) is 3. The van der Waals surface area contributed by atoms with Crippen LogP contribution in [0.1, 0.15) is 13.8 Å². The summed E-state index contributed by atoms with van der Waals surface area (Å²) < 4.78 is 38.4. The molecule has 0 saturated carbocycles. The van der Waals surface area contributed by atoms with Crippen molar-refractivity contribution in [1.29, 1.82) is 5.26 Å². The van der Waals surface area contributed by atoms with Gasteiger partial charge in [0.1, 0.15) is 27.6 Å². The van der Waals surface area contributed by atoms with Crippen molar-refractivity contribution in [3.63, 3.8) is 0 Å². The number of hydrogen-bond donors (Lipinski definition) is 3. The highest BCUT2D eigenvalue weighted by Gasteiger charge is 2.28. The van der Waals surface area contributed by atoms with Gasteiger partial charge in [-0.15, -0.1) is 11.3 Å². The fourth-order valence-corrected chi connectivity index (χ4v) is 3.49. The van der Waals surface area contributed by atoms with Crippen LogP contribution in [-0.4, -0.2) is 34.7 Å². The van der Waals surface area contributed by atoms with Crippen molar-refractivity contribution in [2.45, 2.75) is 26.6 Å². The van der Waals surface area contributed by atoms with Gasteiger partial charge in [0.25, 0.3) is 11.5 Å². The largest absolute Gasteiger partial charge is 0.405 e. The summed E-state index contributed by atoms with van der Waals surface area (Å²) in [4.78, 5) is 28.8. The minimum Gasteiger partial charge on any atom is -0.370 e. The molecule has 0 aliphatic carbocycles. The quantitative estimate of drug-likeness (QED) is 0.591. The average Bonchev–Trinajstić information content (AvgIpc) is 3.00. The number of thiazole rings is 1. The maximum Gasteiger partial charge on any atom is 0.405 e. The standard InChI is InChI=1S/C18H19F3N6O2S/c1-3-23-14-7-11(5-6-24-14)25-9-13-16(29)27(4-2)17(30-13)12(8-22)15(28)26-10-18(19,20)21/h5-7,9H,3-4,10H2,1-2H3,(H,26,28)(H2,23,24,25). The molecule has 0 bridgehead atoms. The molecule has 0 aromatic carbocycles. The number of rotatable bonds is 7. The number of anilines is 2. The smallest absolute Gasteiger partial charge is 0.370 e. The van der Waals surface area contributed by atoms with Crippen LogP contribution in [0.15, 0.2) is 23.1 Å². The third-order valence-electron chi connectivity index (χ3n) is 3.71. The molecule has 2 aromatic heterocycles. The van der Waals surface area contributed by atoms with E-state index in [0.717, 1.165) is 11.3 Å². The van der Waals surface area contributed by atoms with Gasteiger partial charge < -0.3 is 16.0 Å². The summed E-state index contributed by atoms with van der Waals surface area (Å²) in [6.45, 7) is 2.79. The van der Waals surface area contributed by atoms with Gasteiger partial charge in [-0.25, -0.2) is 4.98 Å². The van der Waals surface area contributed by atoms with Crippen LogP contribution in [0.25, 0.3) is 11.8 Å². The van der Waals surface area contributed by atoms with Gasteiger partial charge in [-0.1, -0.05) is 0 Å². The number of carbonyl (C=O) groups excluding carboxylic acids is 1. The van der Waals surface area contributed by atoms with Gasteiger partial charge in [0, 0.05) is 37.2 Å². The van der Waals surface area contributed by atoms with Crippen LogP contribution in [0.2, 0.25) is 0 Å². The molecule has 0 aliphatic heterocycles.